The lowest BCUT2D eigenvalue weighted by Gasteiger charge is -2.33. The van der Waals surface area contributed by atoms with Crippen LogP contribution in [0, 0.1) is 10.1 Å². The molecule has 0 unspecified atom stereocenters. The number of likely N-dealkylation sites (tertiary alicyclic amines) is 1. The Balaban J connectivity index is 1.85. The smallest absolute Gasteiger partial charge is 0.270 e. The Morgan fingerprint density at radius 1 is 1.43 bits per heavy atom. The Bertz CT molecular complexity index is 636. The van der Waals surface area contributed by atoms with Crippen LogP contribution in [0.2, 0.25) is 0 Å². The second kappa shape index (κ2) is 6.13. The summed E-state index contributed by atoms with van der Waals surface area (Å²) < 4.78 is 10.9. The van der Waals surface area contributed by atoms with Gasteiger partial charge in [0.05, 0.1) is 36.3 Å². The lowest BCUT2D eigenvalue weighted by Crippen LogP contribution is -2.48. The molecule has 124 valence electrons. The van der Waals surface area contributed by atoms with Crippen molar-refractivity contribution in [1.82, 2.24) is 9.80 Å². The van der Waals surface area contributed by atoms with Gasteiger partial charge in [0.2, 0.25) is 0 Å². The normalized spacial score (nSPS) is 24.3. The third kappa shape index (κ3) is 2.87. The third-order valence-electron chi connectivity index (χ3n) is 4.49. The fraction of sp³-hybridized carbons (Fsp3) is 0.533. The summed E-state index contributed by atoms with van der Waals surface area (Å²) in [4.78, 5) is 27.1. The van der Waals surface area contributed by atoms with Gasteiger partial charge < -0.3 is 14.4 Å². The van der Waals surface area contributed by atoms with E-state index in [1.807, 2.05) is 7.05 Å². The number of likely N-dealkylation sites (N-methyl/N-ethyl adjacent to an activating group) is 1. The number of amides is 1. The van der Waals surface area contributed by atoms with Crippen LogP contribution < -0.4 is 4.74 Å². The quantitative estimate of drug-likeness (QED) is 0.603. The molecule has 0 spiro atoms. The van der Waals surface area contributed by atoms with Gasteiger partial charge in [0.25, 0.3) is 11.6 Å². The molecule has 2 atom stereocenters. The number of fused-ring (bicyclic) bond motifs is 1. The topological polar surface area (TPSA) is 85.1 Å². The van der Waals surface area contributed by atoms with Crippen LogP contribution in [0.1, 0.15) is 10.4 Å². The minimum Gasteiger partial charge on any atom is -0.496 e. The molecule has 2 saturated heterocycles. The fourth-order valence-electron chi connectivity index (χ4n) is 3.17. The average Bonchev–Trinajstić information content (AvgIpc) is 2.99. The van der Waals surface area contributed by atoms with Crippen LogP contribution in [0.25, 0.3) is 0 Å². The molecule has 2 fully saturated rings. The standard InChI is InChI=1S/C15H19N3O5/c1-16-5-6-23-14-9-17(8-12(14)16)15(19)11-7-10(18(20)21)3-4-13(11)22-2/h3-4,7,12,14H,5-6,8-9H2,1-2H3/t12-,14-/m1/s1. The monoisotopic (exact) mass is 321 g/mol. The summed E-state index contributed by atoms with van der Waals surface area (Å²) in [5.74, 6) is 0.0710. The maximum absolute atomic E-state index is 12.8. The minimum atomic E-state index is -0.517. The summed E-state index contributed by atoms with van der Waals surface area (Å²) in [5, 5.41) is 11.0. The number of morpholine rings is 1. The van der Waals surface area contributed by atoms with Gasteiger partial charge in [-0.2, -0.15) is 0 Å². The lowest BCUT2D eigenvalue weighted by atomic mass is 10.1. The van der Waals surface area contributed by atoms with E-state index < -0.39 is 4.92 Å². The first-order chi connectivity index (χ1) is 11.0. The maximum atomic E-state index is 12.8. The van der Waals surface area contributed by atoms with E-state index >= 15 is 0 Å². The molecule has 1 amide bonds. The zero-order valence-electron chi connectivity index (χ0n) is 13.1. The molecule has 0 aromatic heterocycles. The number of hydrogen-bond acceptors (Lipinski definition) is 6. The first kappa shape index (κ1) is 15.7. The Morgan fingerprint density at radius 2 is 2.22 bits per heavy atom. The van der Waals surface area contributed by atoms with Gasteiger partial charge in [-0.15, -0.1) is 0 Å². The van der Waals surface area contributed by atoms with Crippen LogP contribution in [0.15, 0.2) is 18.2 Å². The summed E-state index contributed by atoms with van der Waals surface area (Å²) >= 11 is 0. The van der Waals surface area contributed by atoms with E-state index in [1.54, 1.807) is 4.90 Å². The molecule has 0 radical (unpaired) electrons. The predicted octanol–water partition coefficient (Wildman–Crippen LogP) is 0.758. The number of carbonyl (C=O) groups excluding carboxylic acids is 1. The Kier molecular flexibility index (Phi) is 4.18. The van der Waals surface area contributed by atoms with Crippen molar-refractivity contribution in [3.8, 4) is 5.75 Å². The van der Waals surface area contributed by atoms with Gasteiger partial charge in [0.1, 0.15) is 5.75 Å². The highest BCUT2D eigenvalue weighted by atomic mass is 16.6. The van der Waals surface area contributed by atoms with Gasteiger partial charge in [-0.3, -0.25) is 19.8 Å². The second-order valence-electron chi connectivity index (χ2n) is 5.81. The molecular weight excluding hydrogens is 302 g/mol. The largest absolute Gasteiger partial charge is 0.496 e. The van der Waals surface area contributed by atoms with Crippen LogP contribution in [0.4, 0.5) is 5.69 Å². The zero-order chi connectivity index (χ0) is 16.6. The molecule has 8 heteroatoms. The molecule has 23 heavy (non-hydrogen) atoms. The molecule has 0 bridgehead atoms. The molecular formula is C15H19N3O5. The molecule has 8 nitrogen and oxygen atoms in total. The number of nitrogens with zero attached hydrogens (tertiary/aromatic N) is 3. The predicted molar refractivity (Wildman–Crippen MR) is 81.7 cm³/mol. The number of carbonyl (C=O) groups is 1. The number of benzene rings is 1. The van der Waals surface area contributed by atoms with Gasteiger partial charge in [0, 0.05) is 31.8 Å². The van der Waals surface area contributed by atoms with Crippen LogP contribution in [-0.4, -0.2) is 73.2 Å². The summed E-state index contributed by atoms with van der Waals surface area (Å²) in [6.45, 7) is 2.52. The number of ether oxygens (including phenoxy) is 2. The first-order valence-corrected chi connectivity index (χ1v) is 7.45. The van der Waals surface area contributed by atoms with E-state index in [0.717, 1.165) is 6.54 Å². The Labute approximate surface area is 133 Å². The highest BCUT2D eigenvalue weighted by Crippen LogP contribution is 2.28. The van der Waals surface area contributed by atoms with E-state index in [1.165, 1.54) is 25.3 Å². The van der Waals surface area contributed by atoms with Gasteiger partial charge in [-0.1, -0.05) is 0 Å². The molecule has 1 aromatic rings. The number of nitro groups is 1. The highest BCUT2D eigenvalue weighted by molar-refractivity contribution is 5.97. The SMILES string of the molecule is COc1ccc([N+](=O)[O-])cc1C(=O)N1C[C@@H]2[C@@H](C1)OCCN2C. The van der Waals surface area contributed by atoms with E-state index in [9.17, 15) is 14.9 Å². The molecule has 2 aliphatic heterocycles. The van der Waals surface area contributed by atoms with E-state index in [4.69, 9.17) is 9.47 Å². The van der Waals surface area contributed by atoms with Crippen LogP contribution in [0.3, 0.4) is 0 Å². The van der Waals surface area contributed by atoms with Gasteiger partial charge in [0.15, 0.2) is 0 Å². The Morgan fingerprint density at radius 3 is 2.87 bits per heavy atom. The molecule has 2 heterocycles. The fourth-order valence-corrected chi connectivity index (χ4v) is 3.17. The van der Waals surface area contributed by atoms with Crippen molar-refractivity contribution in [2.24, 2.45) is 0 Å². The van der Waals surface area contributed by atoms with E-state index in [2.05, 4.69) is 4.90 Å². The highest BCUT2D eigenvalue weighted by Gasteiger charge is 2.41. The maximum Gasteiger partial charge on any atom is 0.270 e. The van der Waals surface area contributed by atoms with Crippen LogP contribution in [-0.2, 0) is 4.74 Å². The minimum absolute atomic E-state index is 0.0117. The Hall–Kier alpha value is -2.19. The molecule has 1 aromatic carbocycles. The van der Waals surface area contributed by atoms with Gasteiger partial charge >= 0.3 is 0 Å². The number of nitro benzene ring substituents is 1. The van der Waals surface area contributed by atoms with E-state index in [-0.39, 0.29) is 29.3 Å². The summed E-state index contributed by atoms with van der Waals surface area (Å²) in [6, 6.07) is 4.22. The number of non-ortho nitro benzene ring substituents is 1. The molecule has 0 aliphatic carbocycles. The number of rotatable bonds is 3. The van der Waals surface area contributed by atoms with Crippen molar-refractivity contribution in [3.63, 3.8) is 0 Å². The van der Waals surface area contributed by atoms with Crippen LogP contribution >= 0.6 is 0 Å². The van der Waals surface area contributed by atoms with Crippen molar-refractivity contribution in [3.05, 3.63) is 33.9 Å². The lowest BCUT2D eigenvalue weighted by molar-refractivity contribution is -0.384. The van der Waals surface area contributed by atoms with Crippen molar-refractivity contribution < 1.29 is 19.2 Å². The van der Waals surface area contributed by atoms with Gasteiger partial charge in [-0.05, 0) is 13.1 Å². The van der Waals surface area contributed by atoms with Crippen LogP contribution in [0.5, 0.6) is 5.75 Å². The van der Waals surface area contributed by atoms with Crippen molar-refractivity contribution >= 4 is 11.6 Å². The number of methoxy groups -OCH3 is 1. The van der Waals surface area contributed by atoms with Crippen molar-refractivity contribution in [2.75, 3.05) is 40.4 Å². The van der Waals surface area contributed by atoms with Gasteiger partial charge in [-0.25, -0.2) is 0 Å². The van der Waals surface area contributed by atoms with Crippen molar-refractivity contribution in [1.29, 1.82) is 0 Å². The van der Waals surface area contributed by atoms with E-state index in [0.29, 0.717) is 25.4 Å². The zero-order valence-corrected chi connectivity index (χ0v) is 13.1. The molecule has 3 rings (SSSR count). The summed E-state index contributed by atoms with van der Waals surface area (Å²) in [6.07, 6.45) is -0.0117. The molecule has 0 saturated carbocycles. The average molecular weight is 321 g/mol. The first-order valence-electron chi connectivity index (χ1n) is 7.45. The summed E-state index contributed by atoms with van der Waals surface area (Å²) in [7, 11) is 3.46. The molecule has 2 aliphatic rings. The van der Waals surface area contributed by atoms with Crippen molar-refractivity contribution in [2.45, 2.75) is 12.1 Å². The molecule has 0 N–H and O–H groups in total. The second-order valence-corrected chi connectivity index (χ2v) is 5.81. The summed E-state index contributed by atoms with van der Waals surface area (Å²) in [5.41, 5.74) is 0.0853. The number of hydrogen-bond donors (Lipinski definition) is 0. The third-order valence-corrected chi connectivity index (χ3v) is 4.49.